The molecule has 0 fully saturated rings. The highest BCUT2D eigenvalue weighted by Gasteiger charge is 2.41. The number of fused-ring (bicyclic) bond motifs is 3. The van der Waals surface area contributed by atoms with E-state index in [9.17, 15) is 26.3 Å². The number of hydrogen-bond donors (Lipinski definition) is 0. The molecule has 11 heteroatoms. The maximum atomic E-state index is 13.8. The fourth-order valence-electron chi connectivity index (χ4n) is 5.66. The van der Waals surface area contributed by atoms with E-state index >= 15 is 0 Å². The minimum Gasteiger partial charge on any atom is -0.457 e. The summed E-state index contributed by atoms with van der Waals surface area (Å²) in [6.45, 7) is 1.99. The summed E-state index contributed by atoms with van der Waals surface area (Å²) >= 11 is 0. The van der Waals surface area contributed by atoms with Crippen molar-refractivity contribution in [2.75, 3.05) is 0 Å². The topological polar surface area (TPSA) is 44.9 Å². The lowest BCUT2D eigenvalue weighted by Crippen LogP contribution is -2.13. The van der Waals surface area contributed by atoms with E-state index in [0.717, 1.165) is 51.6 Å². The van der Waals surface area contributed by atoms with Gasteiger partial charge in [0.2, 0.25) is 0 Å². The van der Waals surface area contributed by atoms with Crippen molar-refractivity contribution in [3.05, 3.63) is 132 Å². The van der Waals surface area contributed by atoms with E-state index in [2.05, 4.69) is 14.6 Å². The summed E-state index contributed by atoms with van der Waals surface area (Å²) in [5.74, 6) is 1.65. The highest BCUT2D eigenvalue weighted by atomic mass is 19.4. The lowest BCUT2D eigenvalue weighted by molar-refractivity contribution is -0.142. The highest BCUT2D eigenvalue weighted by Crippen LogP contribution is 2.44. The Morgan fingerprint density at radius 3 is 2.11 bits per heavy atom. The van der Waals surface area contributed by atoms with Crippen LogP contribution in [0.3, 0.4) is 0 Å². The van der Waals surface area contributed by atoms with Crippen molar-refractivity contribution in [2.24, 2.45) is 0 Å². The van der Waals surface area contributed by atoms with E-state index in [1.807, 2.05) is 61.5 Å². The van der Waals surface area contributed by atoms with Crippen LogP contribution in [-0.2, 0) is 12.4 Å². The number of pyridine rings is 1. The first-order valence-electron chi connectivity index (χ1n) is 14.0. The SMILES string of the molecule is Cc1ccnc(-n2c3ccccc3c3ccc(Oc4cccc(-n5cc(-c6c(C(F)(F)F)cccc6C(F)(F)F)cn5)c4)cc32)c1. The molecule has 0 aliphatic heterocycles. The van der Waals surface area contributed by atoms with Gasteiger partial charge in [-0.05, 0) is 67.1 Å². The summed E-state index contributed by atoms with van der Waals surface area (Å²) < 4.78 is 92.1. The maximum Gasteiger partial charge on any atom is 0.417 e. The summed E-state index contributed by atoms with van der Waals surface area (Å²) in [6, 6.07) is 26.1. The predicted octanol–water partition coefficient (Wildman–Crippen LogP) is 10.2. The number of halogens is 6. The molecule has 0 bridgehead atoms. The second-order valence-electron chi connectivity index (χ2n) is 10.7. The molecule has 0 aliphatic carbocycles. The van der Waals surface area contributed by atoms with Crippen LogP contribution in [0.25, 0.3) is 44.4 Å². The van der Waals surface area contributed by atoms with Gasteiger partial charge in [-0.25, -0.2) is 9.67 Å². The van der Waals surface area contributed by atoms with Gasteiger partial charge in [-0.3, -0.25) is 4.57 Å². The Hall–Kier alpha value is -5.58. The Balaban J connectivity index is 1.26. The molecule has 0 radical (unpaired) electrons. The fourth-order valence-corrected chi connectivity index (χ4v) is 5.66. The van der Waals surface area contributed by atoms with Crippen molar-refractivity contribution in [1.82, 2.24) is 19.3 Å². The van der Waals surface area contributed by atoms with Crippen molar-refractivity contribution in [2.45, 2.75) is 19.3 Å². The number of alkyl halides is 6. The molecule has 230 valence electrons. The molecule has 0 N–H and O–H groups in total. The molecule has 0 amide bonds. The van der Waals surface area contributed by atoms with Gasteiger partial charge >= 0.3 is 12.4 Å². The van der Waals surface area contributed by atoms with Crippen LogP contribution in [0.5, 0.6) is 11.5 Å². The summed E-state index contributed by atoms with van der Waals surface area (Å²) in [6.07, 6.45) is -6.13. The van der Waals surface area contributed by atoms with Crippen LogP contribution in [0.4, 0.5) is 26.3 Å². The molecule has 7 rings (SSSR count). The van der Waals surface area contributed by atoms with E-state index in [1.54, 1.807) is 30.5 Å². The average molecular weight is 629 g/mol. The van der Waals surface area contributed by atoms with E-state index in [1.165, 1.54) is 4.68 Å². The van der Waals surface area contributed by atoms with E-state index in [4.69, 9.17) is 4.74 Å². The zero-order valence-corrected chi connectivity index (χ0v) is 23.9. The first-order chi connectivity index (χ1) is 22.0. The van der Waals surface area contributed by atoms with Gasteiger partial charge < -0.3 is 4.74 Å². The summed E-state index contributed by atoms with van der Waals surface area (Å²) in [4.78, 5) is 4.59. The van der Waals surface area contributed by atoms with Crippen molar-refractivity contribution < 1.29 is 31.1 Å². The van der Waals surface area contributed by atoms with E-state index < -0.39 is 29.0 Å². The molecule has 0 spiro atoms. The van der Waals surface area contributed by atoms with Gasteiger partial charge in [-0.2, -0.15) is 31.4 Å². The van der Waals surface area contributed by atoms with Gasteiger partial charge in [0.05, 0.1) is 34.0 Å². The third kappa shape index (κ3) is 5.23. The molecule has 3 aromatic heterocycles. The molecule has 7 aromatic rings. The van der Waals surface area contributed by atoms with Crippen molar-refractivity contribution >= 4 is 21.8 Å². The molecule has 3 heterocycles. The number of hydrogen-bond acceptors (Lipinski definition) is 3. The molecule has 4 aromatic carbocycles. The number of aromatic nitrogens is 4. The molecule has 46 heavy (non-hydrogen) atoms. The molecular weight excluding hydrogens is 606 g/mol. The maximum absolute atomic E-state index is 13.8. The van der Waals surface area contributed by atoms with Crippen LogP contribution in [0, 0.1) is 6.92 Å². The number of ether oxygens (including phenoxy) is 1. The molecule has 0 aliphatic rings. The first kappa shape index (κ1) is 29.1. The van der Waals surface area contributed by atoms with Crippen LogP contribution >= 0.6 is 0 Å². The van der Waals surface area contributed by atoms with Gasteiger partial charge in [0.15, 0.2) is 0 Å². The minimum absolute atomic E-state index is 0.324. The third-order valence-electron chi connectivity index (χ3n) is 7.64. The Labute approximate surface area is 257 Å². The number of para-hydroxylation sites is 1. The third-order valence-corrected chi connectivity index (χ3v) is 7.64. The number of nitrogens with zero attached hydrogens (tertiary/aromatic N) is 4. The standard InChI is InChI=1S/C35H22F6N4O/c1-21-14-15-42-32(16-21)45-30-11-3-2-8-26(30)27-13-12-25(18-31(27)45)46-24-7-4-6-23(17-24)44-20-22(19-43-44)33-28(34(36,37)38)9-5-10-29(33)35(39,40)41/h2-20H,1H3. The predicted molar refractivity (Wildman–Crippen MR) is 162 cm³/mol. The van der Waals surface area contributed by atoms with Crippen LogP contribution in [-0.4, -0.2) is 19.3 Å². The fraction of sp³-hybridized carbons (Fsp3) is 0.0857. The average Bonchev–Trinajstić information content (AvgIpc) is 3.63. The van der Waals surface area contributed by atoms with Crippen molar-refractivity contribution in [3.63, 3.8) is 0 Å². The largest absolute Gasteiger partial charge is 0.457 e. The highest BCUT2D eigenvalue weighted by molar-refractivity contribution is 6.09. The second kappa shape index (κ2) is 10.8. The lowest BCUT2D eigenvalue weighted by atomic mass is 9.95. The Kier molecular flexibility index (Phi) is 6.84. The van der Waals surface area contributed by atoms with E-state index in [0.29, 0.717) is 29.3 Å². The summed E-state index contributed by atoms with van der Waals surface area (Å²) in [7, 11) is 0. The zero-order valence-electron chi connectivity index (χ0n) is 23.9. The monoisotopic (exact) mass is 628 g/mol. The van der Waals surface area contributed by atoms with Crippen LogP contribution < -0.4 is 4.74 Å². The van der Waals surface area contributed by atoms with Gasteiger partial charge in [-0.1, -0.05) is 30.3 Å². The number of rotatable bonds is 5. The van der Waals surface area contributed by atoms with Crippen molar-refractivity contribution in [3.8, 4) is 34.1 Å². The van der Waals surface area contributed by atoms with Gasteiger partial charge in [0.1, 0.15) is 17.3 Å². The van der Waals surface area contributed by atoms with Gasteiger partial charge in [0.25, 0.3) is 0 Å². The van der Waals surface area contributed by atoms with Crippen LogP contribution in [0.1, 0.15) is 16.7 Å². The van der Waals surface area contributed by atoms with Crippen LogP contribution in [0.2, 0.25) is 0 Å². The number of aryl methyl sites for hydroxylation is 1. The number of benzene rings is 4. The smallest absolute Gasteiger partial charge is 0.417 e. The molecule has 0 saturated carbocycles. The minimum atomic E-state index is -5.01. The lowest BCUT2D eigenvalue weighted by Gasteiger charge is -2.17. The molecule has 0 unspecified atom stereocenters. The molecular formula is C35H22F6N4O. The van der Waals surface area contributed by atoms with Gasteiger partial charge in [0, 0.05) is 46.4 Å². The Morgan fingerprint density at radius 2 is 1.37 bits per heavy atom. The zero-order chi connectivity index (χ0) is 32.2. The van der Waals surface area contributed by atoms with Crippen LogP contribution in [0.15, 0.2) is 116 Å². The second-order valence-corrected chi connectivity index (χ2v) is 10.7. The molecule has 5 nitrogen and oxygen atoms in total. The van der Waals surface area contributed by atoms with E-state index in [-0.39, 0.29) is 5.56 Å². The quantitative estimate of drug-likeness (QED) is 0.178. The molecule has 0 saturated heterocycles. The molecule has 0 atom stereocenters. The summed E-state index contributed by atoms with van der Waals surface area (Å²) in [5, 5.41) is 6.14. The normalized spacial score (nSPS) is 12.2. The first-order valence-corrected chi connectivity index (χ1v) is 14.0. The van der Waals surface area contributed by atoms with Crippen molar-refractivity contribution in [1.29, 1.82) is 0 Å². The van der Waals surface area contributed by atoms with Gasteiger partial charge in [-0.15, -0.1) is 0 Å². The summed E-state index contributed by atoms with van der Waals surface area (Å²) in [5.41, 5.74) is -0.819. The Morgan fingerprint density at radius 1 is 0.674 bits per heavy atom. The Bertz CT molecular complexity index is 2210.